The zero-order chi connectivity index (χ0) is 29.1. The van der Waals surface area contributed by atoms with Crippen LogP contribution >= 0.6 is 23.1 Å². The molecule has 1 atom stereocenters. The number of thioether (sulfide) groups is 1. The molecule has 13 heteroatoms. The number of aliphatic hydroxyl groups excluding tert-OH is 1. The smallest absolute Gasteiger partial charge is 0.301 e. The minimum absolute atomic E-state index is 0.147. The zero-order valence-electron chi connectivity index (χ0n) is 22.0. The number of rotatable bonds is 9. The van der Waals surface area contributed by atoms with E-state index < -0.39 is 17.7 Å². The number of methoxy groups -OCH3 is 3. The summed E-state index contributed by atoms with van der Waals surface area (Å²) in [7, 11) is 4.36. The van der Waals surface area contributed by atoms with Gasteiger partial charge in [0.15, 0.2) is 15.8 Å². The van der Waals surface area contributed by atoms with E-state index in [9.17, 15) is 19.1 Å². The highest BCUT2D eigenvalue weighted by molar-refractivity contribution is 8.00. The Morgan fingerprint density at radius 2 is 1.66 bits per heavy atom. The summed E-state index contributed by atoms with van der Waals surface area (Å²) < 4.78 is 30.2. The number of hydrogen-bond donors (Lipinski definition) is 1. The van der Waals surface area contributed by atoms with Gasteiger partial charge in [-0.05, 0) is 47.5 Å². The monoisotopic (exact) mass is 594 g/mol. The van der Waals surface area contributed by atoms with Gasteiger partial charge in [0.25, 0.3) is 5.78 Å². The molecule has 41 heavy (non-hydrogen) atoms. The van der Waals surface area contributed by atoms with Crippen molar-refractivity contribution in [2.24, 2.45) is 0 Å². The molecular formula is C28H23FN4O6S2. The number of hydrogen-bond acceptors (Lipinski definition) is 11. The molecule has 1 unspecified atom stereocenters. The number of Topliss-reactive ketones (excluding diaryl/α,β-unsaturated/α-hetero) is 1. The molecule has 2 aromatic heterocycles. The fourth-order valence-electron chi connectivity index (χ4n) is 4.35. The van der Waals surface area contributed by atoms with E-state index in [-0.39, 0.29) is 22.3 Å². The standard InChI is InChI=1S/C28H23FN4O6S2/c1-37-19-12-17(13-20(38-2)25(19)39-3)22-21(23(34)16-8-10-30-11-9-16)24(35)26(36)33(22)27-31-32-28(41-27)40-14-15-4-6-18(29)7-5-15/h4-13,22,34H,14H2,1-3H3. The molecule has 1 amide bonds. The third kappa shape index (κ3) is 5.45. The predicted octanol–water partition coefficient (Wildman–Crippen LogP) is 5.02. The summed E-state index contributed by atoms with van der Waals surface area (Å²) >= 11 is 2.47. The minimum Gasteiger partial charge on any atom is -0.507 e. The van der Waals surface area contributed by atoms with Crippen LogP contribution in [0.1, 0.15) is 22.7 Å². The highest BCUT2D eigenvalue weighted by Crippen LogP contribution is 2.48. The molecular weight excluding hydrogens is 571 g/mol. The van der Waals surface area contributed by atoms with Crippen molar-refractivity contribution in [3.63, 3.8) is 0 Å². The van der Waals surface area contributed by atoms with Crippen molar-refractivity contribution < 1.29 is 33.3 Å². The van der Waals surface area contributed by atoms with Crippen LogP contribution < -0.4 is 19.1 Å². The van der Waals surface area contributed by atoms with Gasteiger partial charge in [0.2, 0.25) is 10.9 Å². The number of benzene rings is 2. The Kier molecular flexibility index (Phi) is 8.17. The van der Waals surface area contributed by atoms with Crippen LogP contribution in [0.25, 0.3) is 5.76 Å². The summed E-state index contributed by atoms with van der Waals surface area (Å²) in [6, 6.07) is 11.3. The summed E-state index contributed by atoms with van der Waals surface area (Å²) in [4.78, 5) is 32.2. The SMILES string of the molecule is COc1cc(C2C(=C(O)c3ccncc3)C(=O)C(=O)N2c2nnc(SCc3ccc(F)cc3)s2)cc(OC)c1OC. The number of carbonyl (C=O) groups is 2. The Hall–Kier alpha value is -4.49. The summed E-state index contributed by atoms with van der Waals surface area (Å²) in [5.74, 6) is -1.08. The fraction of sp³-hybridized carbons (Fsp3) is 0.179. The maximum atomic E-state index is 13.5. The molecule has 1 fully saturated rings. The van der Waals surface area contributed by atoms with E-state index in [1.165, 1.54) is 74.7 Å². The van der Waals surface area contributed by atoms with Crippen molar-refractivity contribution in [2.75, 3.05) is 26.2 Å². The van der Waals surface area contributed by atoms with Gasteiger partial charge in [-0.3, -0.25) is 19.5 Å². The summed E-state index contributed by atoms with van der Waals surface area (Å²) in [5.41, 5.74) is 1.45. The molecule has 0 bridgehead atoms. The van der Waals surface area contributed by atoms with Crippen LogP contribution in [-0.4, -0.2) is 53.3 Å². The Labute approximate surface area is 242 Å². The van der Waals surface area contributed by atoms with Crippen LogP contribution in [0.3, 0.4) is 0 Å². The molecule has 5 rings (SSSR count). The number of nitrogens with zero attached hydrogens (tertiary/aromatic N) is 4. The molecule has 4 aromatic rings. The average Bonchev–Trinajstić information content (AvgIpc) is 3.57. The topological polar surface area (TPSA) is 124 Å². The molecule has 210 valence electrons. The second kappa shape index (κ2) is 11.9. The van der Waals surface area contributed by atoms with Crippen molar-refractivity contribution in [3.8, 4) is 17.2 Å². The van der Waals surface area contributed by atoms with Crippen molar-refractivity contribution in [2.45, 2.75) is 16.1 Å². The Balaban J connectivity index is 1.61. The number of ketones is 1. The maximum Gasteiger partial charge on any atom is 0.301 e. The maximum absolute atomic E-state index is 13.5. The van der Waals surface area contributed by atoms with Crippen molar-refractivity contribution in [3.05, 3.63) is 89.0 Å². The van der Waals surface area contributed by atoms with Gasteiger partial charge in [-0.15, -0.1) is 10.2 Å². The number of pyridine rings is 1. The van der Waals surface area contributed by atoms with E-state index in [1.54, 1.807) is 24.3 Å². The highest BCUT2D eigenvalue weighted by atomic mass is 32.2. The molecule has 2 aromatic carbocycles. The first-order valence-corrected chi connectivity index (χ1v) is 13.9. The van der Waals surface area contributed by atoms with Gasteiger partial charge in [0.1, 0.15) is 11.6 Å². The van der Waals surface area contributed by atoms with Gasteiger partial charge in [-0.25, -0.2) is 4.39 Å². The molecule has 3 heterocycles. The molecule has 0 radical (unpaired) electrons. The summed E-state index contributed by atoms with van der Waals surface area (Å²) in [5, 5.41) is 19.9. The molecule has 0 saturated carbocycles. The van der Waals surface area contributed by atoms with E-state index in [0.29, 0.717) is 38.5 Å². The number of ether oxygens (including phenoxy) is 3. The van der Waals surface area contributed by atoms with Crippen molar-refractivity contribution in [1.82, 2.24) is 15.2 Å². The van der Waals surface area contributed by atoms with E-state index in [1.807, 2.05) is 0 Å². The van der Waals surface area contributed by atoms with Crippen LogP contribution in [0.5, 0.6) is 17.2 Å². The predicted molar refractivity (Wildman–Crippen MR) is 151 cm³/mol. The van der Waals surface area contributed by atoms with E-state index in [2.05, 4.69) is 15.2 Å². The molecule has 0 aliphatic carbocycles. The van der Waals surface area contributed by atoms with Gasteiger partial charge in [-0.2, -0.15) is 0 Å². The molecule has 1 aliphatic heterocycles. The lowest BCUT2D eigenvalue weighted by molar-refractivity contribution is -0.132. The van der Waals surface area contributed by atoms with Gasteiger partial charge < -0.3 is 19.3 Å². The highest BCUT2D eigenvalue weighted by Gasteiger charge is 2.49. The van der Waals surface area contributed by atoms with Crippen LogP contribution in [0.4, 0.5) is 9.52 Å². The lowest BCUT2D eigenvalue weighted by Crippen LogP contribution is -2.29. The summed E-state index contributed by atoms with van der Waals surface area (Å²) in [6.45, 7) is 0. The number of amides is 1. The number of aliphatic hydroxyl groups is 1. The zero-order valence-corrected chi connectivity index (χ0v) is 23.7. The quantitative estimate of drug-likeness (QED) is 0.0929. The first-order valence-electron chi connectivity index (χ1n) is 12.1. The average molecular weight is 595 g/mol. The number of carbonyl (C=O) groups excluding carboxylic acids is 2. The third-order valence-corrected chi connectivity index (χ3v) is 8.41. The summed E-state index contributed by atoms with van der Waals surface area (Å²) in [6.07, 6.45) is 2.93. The largest absolute Gasteiger partial charge is 0.507 e. The first-order chi connectivity index (χ1) is 19.9. The van der Waals surface area contributed by atoms with E-state index >= 15 is 0 Å². The van der Waals surface area contributed by atoms with Gasteiger partial charge in [-0.1, -0.05) is 35.2 Å². The van der Waals surface area contributed by atoms with E-state index in [0.717, 1.165) is 16.9 Å². The Morgan fingerprint density at radius 1 is 1.00 bits per heavy atom. The first kappa shape index (κ1) is 28.1. The van der Waals surface area contributed by atoms with E-state index in [4.69, 9.17) is 14.2 Å². The fourth-order valence-corrected chi connectivity index (χ4v) is 6.18. The second-order valence-corrected chi connectivity index (χ2v) is 10.8. The molecule has 0 spiro atoms. The molecule has 1 N–H and O–H groups in total. The van der Waals surface area contributed by atoms with Crippen LogP contribution in [0, 0.1) is 5.82 Å². The molecule has 10 nitrogen and oxygen atoms in total. The molecule has 1 saturated heterocycles. The van der Waals surface area contributed by atoms with Crippen molar-refractivity contribution in [1.29, 1.82) is 0 Å². The Bertz CT molecular complexity index is 1600. The van der Waals surface area contributed by atoms with Crippen LogP contribution in [0.15, 0.2) is 70.8 Å². The lowest BCUT2D eigenvalue weighted by atomic mass is 9.95. The molecule has 1 aliphatic rings. The van der Waals surface area contributed by atoms with Gasteiger partial charge in [0.05, 0.1) is 32.9 Å². The van der Waals surface area contributed by atoms with Gasteiger partial charge >= 0.3 is 5.91 Å². The minimum atomic E-state index is -1.10. The van der Waals surface area contributed by atoms with Crippen LogP contribution in [-0.2, 0) is 15.3 Å². The lowest BCUT2D eigenvalue weighted by Gasteiger charge is -2.24. The Morgan fingerprint density at radius 3 is 2.27 bits per heavy atom. The number of aromatic nitrogens is 3. The van der Waals surface area contributed by atoms with Gasteiger partial charge in [0, 0.05) is 23.7 Å². The normalized spacial score (nSPS) is 16.2. The van der Waals surface area contributed by atoms with Crippen molar-refractivity contribution >= 4 is 45.7 Å². The third-order valence-electron chi connectivity index (χ3n) is 6.28. The second-order valence-electron chi connectivity index (χ2n) is 8.63. The van der Waals surface area contributed by atoms with Crippen LogP contribution in [0.2, 0.25) is 0 Å². The number of halogens is 1. The number of anilines is 1.